The molecule has 26 heavy (non-hydrogen) atoms. The Balaban J connectivity index is 1.40. The highest BCUT2D eigenvalue weighted by Gasteiger charge is 2.34. The van der Waals surface area contributed by atoms with Crippen LogP contribution in [0, 0.1) is 11.8 Å². The number of fused-ring (bicyclic) bond motifs is 1. The highest BCUT2D eigenvalue weighted by molar-refractivity contribution is 5.80. The molecule has 1 atom stereocenters. The Morgan fingerprint density at radius 1 is 1.27 bits per heavy atom. The molecule has 0 radical (unpaired) electrons. The van der Waals surface area contributed by atoms with Crippen molar-refractivity contribution in [1.82, 2.24) is 14.5 Å². The topological polar surface area (TPSA) is 56.6 Å². The van der Waals surface area contributed by atoms with Crippen LogP contribution in [0.2, 0.25) is 0 Å². The molecule has 0 saturated carbocycles. The molecule has 1 aliphatic carbocycles. The second kappa shape index (κ2) is 7.92. The Labute approximate surface area is 155 Å². The van der Waals surface area contributed by atoms with E-state index < -0.39 is 0 Å². The molecule has 0 bridgehead atoms. The van der Waals surface area contributed by atoms with Gasteiger partial charge in [-0.15, -0.1) is 0 Å². The molecule has 0 aromatic carbocycles. The molecule has 1 saturated heterocycles. The lowest BCUT2D eigenvalue weighted by Crippen LogP contribution is -2.42. The van der Waals surface area contributed by atoms with E-state index in [1.807, 2.05) is 18.3 Å². The van der Waals surface area contributed by atoms with Crippen LogP contribution in [0.3, 0.4) is 0 Å². The standard InChI is InChI=1S/C20H29N3O3/c1-22-14-21-18-11-23(20(24)16-4-2-3-5-16)10-17(19(18)22)13-26-12-15-6-8-25-9-7-15/h2-3,14-17H,4-13H2,1H3. The fourth-order valence-corrected chi connectivity index (χ4v) is 4.40. The number of nitrogens with zero attached hydrogens (tertiary/aromatic N) is 3. The van der Waals surface area contributed by atoms with Crippen molar-refractivity contribution in [1.29, 1.82) is 0 Å². The summed E-state index contributed by atoms with van der Waals surface area (Å²) in [6, 6.07) is 0. The summed E-state index contributed by atoms with van der Waals surface area (Å²) in [5.74, 6) is 1.18. The predicted molar refractivity (Wildman–Crippen MR) is 97.6 cm³/mol. The van der Waals surface area contributed by atoms with Crippen LogP contribution < -0.4 is 0 Å². The van der Waals surface area contributed by atoms with Gasteiger partial charge in [0.05, 0.1) is 25.2 Å². The van der Waals surface area contributed by atoms with E-state index in [1.54, 1.807) is 0 Å². The first-order chi connectivity index (χ1) is 12.7. The van der Waals surface area contributed by atoms with Crippen LogP contribution in [0.1, 0.15) is 43.0 Å². The lowest BCUT2D eigenvalue weighted by Gasteiger charge is -2.34. The fraction of sp³-hybridized carbons (Fsp3) is 0.700. The molecule has 0 N–H and O–H groups in total. The molecule has 0 spiro atoms. The number of aromatic nitrogens is 2. The zero-order valence-electron chi connectivity index (χ0n) is 15.6. The number of amides is 1. The van der Waals surface area contributed by atoms with Crippen molar-refractivity contribution in [2.45, 2.75) is 38.1 Å². The van der Waals surface area contributed by atoms with Gasteiger partial charge in [0.15, 0.2) is 0 Å². The average molecular weight is 359 g/mol. The van der Waals surface area contributed by atoms with Crippen molar-refractivity contribution in [3.05, 3.63) is 29.9 Å². The summed E-state index contributed by atoms with van der Waals surface area (Å²) in [7, 11) is 2.04. The van der Waals surface area contributed by atoms with Crippen LogP contribution >= 0.6 is 0 Å². The second-order valence-corrected chi connectivity index (χ2v) is 7.84. The van der Waals surface area contributed by atoms with Crippen molar-refractivity contribution in [2.24, 2.45) is 18.9 Å². The van der Waals surface area contributed by atoms with Gasteiger partial charge in [-0.1, -0.05) is 12.2 Å². The maximum atomic E-state index is 12.9. The number of allylic oxidation sites excluding steroid dienone is 2. The van der Waals surface area contributed by atoms with Crippen LogP contribution in [-0.2, 0) is 27.9 Å². The maximum Gasteiger partial charge on any atom is 0.226 e. The molecule has 1 aromatic rings. The van der Waals surface area contributed by atoms with Crippen molar-refractivity contribution in [3.8, 4) is 0 Å². The molecule has 1 amide bonds. The molecule has 1 unspecified atom stereocenters. The van der Waals surface area contributed by atoms with Crippen LogP contribution in [0.25, 0.3) is 0 Å². The number of imidazole rings is 1. The third-order valence-electron chi connectivity index (χ3n) is 5.91. The van der Waals surface area contributed by atoms with Crippen LogP contribution in [0.15, 0.2) is 18.5 Å². The van der Waals surface area contributed by atoms with E-state index in [0.29, 0.717) is 19.1 Å². The highest BCUT2D eigenvalue weighted by atomic mass is 16.5. The van der Waals surface area contributed by atoms with Gasteiger partial charge in [-0.25, -0.2) is 4.98 Å². The third kappa shape index (κ3) is 3.71. The molecule has 3 aliphatic rings. The van der Waals surface area contributed by atoms with Gasteiger partial charge >= 0.3 is 0 Å². The van der Waals surface area contributed by atoms with E-state index in [0.717, 1.165) is 57.7 Å². The van der Waals surface area contributed by atoms with Gasteiger partial charge < -0.3 is 18.9 Å². The van der Waals surface area contributed by atoms with Gasteiger partial charge in [-0.2, -0.15) is 0 Å². The van der Waals surface area contributed by atoms with Crippen molar-refractivity contribution >= 4 is 5.91 Å². The van der Waals surface area contributed by atoms with Gasteiger partial charge in [-0.3, -0.25) is 4.79 Å². The summed E-state index contributed by atoms with van der Waals surface area (Å²) < 4.78 is 13.6. The first-order valence-electron chi connectivity index (χ1n) is 9.81. The molecule has 1 aromatic heterocycles. The van der Waals surface area contributed by atoms with Gasteiger partial charge in [0, 0.05) is 50.9 Å². The SMILES string of the molecule is Cn1cnc2c1C(COCC1CCOCC1)CN(C(=O)C1CC=CC1)C2. The zero-order chi connectivity index (χ0) is 17.9. The van der Waals surface area contributed by atoms with Crippen molar-refractivity contribution in [3.63, 3.8) is 0 Å². The number of aryl methyl sites for hydroxylation is 1. The average Bonchev–Trinajstić information content (AvgIpc) is 3.32. The van der Waals surface area contributed by atoms with E-state index in [9.17, 15) is 4.79 Å². The summed E-state index contributed by atoms with van der Waals surface area (Å²) in [5, 5.41) is 0. The summed E-state index contributed by atoms with van der Waals surface area (Å²) in [4.78, 5) is 19.4. The van der Waals surface area contributed by atoms with E-state index in [1.165, 1.54) is 5.69 Å². The number of rotatable bonds is 5. The lowest BCUT2D eigenvalue weighted by atomic mass is 9.96. The maximum absolute atomic E-state index is 12.9. The van der Waals surface area contributed by atoms with Gasteiger partial charge in [0.25, 0.3) is 0 Å². The lowest BCUT2D eigenvalue weighted by molar-refractivity contribution is -0.136. The Hall–Kier alpha value is -1.66. The Kier molecular flexibility index (Phi) is 5.41. The van der Waals surface area contributed by atoms with Gasteiger partial charge in [0.2, 0.25) is 5.91 Å². The molecule has 142 valence electrons. The summed E-state index contributed by atoms with van der Waals surface area (Å²) in [5.41, 5.74) is 2.25. The Morgan fingerprint density at radius 2 is 2.04 bits per heavy atom. The van der Waals surface area contributed by atoms with Crippen molar-refractivity contribution in [2.75, 3.05) is 33.0 Å². The predicted octanol–water partition coefficient (Wildman–Crippen LogP) is 2.26. The molecule has 3 heterocycles. The molecular formula is C20H29N3O3. The number of ether oxygens (including phenoxy) is 2. The second-order valence-electron chi connectivity index (χ2n) is 7.84. The normalized spacial score (nSPS) is 24.2. The van der Waals surface area contributed by atoms with E-state index in [-0.39, 0.29) is 17.7 Å². The summed E-state index contributed by atoms with van der Waals surface area (Å²) in [6.07, 6.45) is 10.0. The zero-order valence-corrected chi connectivity index (χ0v) is 15.6. The largest absolute Gasteiger partial charge is 0.381 e. The summed E-state index contributed by atoms with van der Waals surface area (Å²) >= 11 is 0. The van der Waals surface area contributed by atoms with Crippen LogP contribution in [0.4, 0.5) is 0 Å². The van der Waals surface area contributed by atoms with E-state index >= 15 is 0 Å². The van der Waals surface area contributed by atoms with Gasteiger partial charge in [0.1, 0.15) is 0 Å². The minimum absolute atomic E-state index is 0.115. The monoisotopic (exact) mass is 359 g/mol. The minimum Gasteiger partial charge on any atom is -0.381 e. The molecule has 6 nitrogen and oxygen atoms in total. The number of carbonyl (C=O) groups is 1. The molecular weight excluding hydrogens is 330 g/mol. The molecule has 1 fully saturated rings. The van der Waals surface area contributed by atoms with E-state index in [2.05, 4.69) is 21.7 Å². The molecule has 4 rings (SSSR count). The van der Waals surface area contributed by atoms with Gasteiger partial charge in [-0.05, 0) is 31.6 Å². The number of hydrogen-bond acceptors (Lipinski definition) is 4. The van der Waals surface area contributed by atoms with Crippen molar-refractivity contribution < 1.29 is 14.3 Å². The number of hydrogen-bond donors (Lipinski definition) is 0. The fourth-order valence-electron chi connectivity index (χ4n) is 4.40. The first-order valence-corrected chi connectivity index (χ1v) is 9.81. The third-order valence-corrected chi connectivity index (χ3v) is 5.91. The Morgan fingerprint density at radius 3 is 2.81 bits per heavy atom. The molecule has 6 heteroatoms. The minimum atomic E-state index is 0.115. The summed E-state index contributed by atoms with van der Waals surface area (Å²) in [6.45, 7) is 4.49. The van der Waals surface area contributed by atoms with Crippen LogP contribution in [-0.4, -0.2) is 53.3 Å². The quantitative estimate of drug-likeness (QED) is 0.757. The van der Waals surface area contributed by atoms with Crippen LogP contribution in [0.5, 0.6) is 0 Å². The number of carbonyl (C=O) groups excluding carboxylic acids is 1. The van der Waals surface area contributed by atoms with E-state index in [4.69, 9.17) is 9.47 Å². The highest BCUT2D eigenvalue weighted by Crippen LogP contribution is 2.31. The molecule has 2 aliphatic heterocycles. The first kappa shape index (κ1) is 17.7. The Bertz CT molecular complexity index is 655. The smallest absolute Gasteiger partial charge is 0.226 e.